The first-order valence-electron chi connectivity index (χ1n) is 4.01. The molecule has 0 aliphatic carbocycles. The first kappa shape index (κ1) is 10.7. The average molecular weight is 209 g/mol. The smallest absolute Gasteiger partial charge is 0.148 e. The highest BCUT2D eigenvalue weighted by molar-refractivity contribution is 7.80. The number of hydrogen-bond acceptors (Lipinski definition) is 4. The molecule has 0 aliphatic rings. The Kier molecular flexibility index (Phi) is 4.07. The fraction of sp³-hybridized carbons (Fsp3) is 0.200. The van der Waals surface area contributed by atoms with Crippen molar-refractivity contribution in [1.82, 2.24) is 0 Å². The summed E-state index contributed by atoms with van der Waals surface area (Å²) in [6.45, 7) is 0. The molecule has 0 spiro atoms. The largest absolute Gasteiger partial charge is 0.497 e. The maximum Gasteiger partial charge on any atom is 0.148 e. The summed E-state index contributed by atoms with van der Waals surface area (Å²) in [5, 5.41) is 1.45. The number of rotatable bonds is 4. The van der Waals surface area contributed by atoms with Crippen LogP contribution in [0.4, 0.5) is 5.69 Å². The zero-order valence-corrected chi connectivity index (χ0v) is 8.88. The molecule has 0 aromatic heterocycles. The number of nitrogens with zero attached hydrogens (tertiary/aromatic N) is 1. The van der Waals surface area contributed by atoms with Crippen LogP contribution in [0.25, 0.3) is 0 Å². The Morgan fingerprint density at radius 2 is 2.07 bits per heavy atom. The lowest BCUT2D eigenvalue weighted by molar-refractivity contribution is 0.395. The summed E-state index contributed by atoms with van der Waals surface area (Å²) in [5.74, 6) is 1.40. The van der Waals surface area contributed by atoms with Crippen LogP contribution in [0.15, 0.2) is 23.2 Å². The van der Waals surface area contributed by atoms with Crippen LogP contribution in [-0.4, -0.2) is 25.8 Å². The Morgan fingerprint density at radius 1 is 1.29 bits per heavy atom. The number of hydrogen-bond donors (Lipinski definition) is 0. The van der Waals surface area contributed by atoms with Gasteiger partial charge in [0, 0.05) is 17.6 Å². The van der Waals surface area contributed by atoms with Gasteiger partial charge in [-0.25, -0.2) is 0 Å². The minimum atomic E-state index is 0.664. The van der Waals surface area contributed by atoms with E-state index < -0.39 is 0 Å². The van der Waals surface area contributed by atoms with Crippen LogP contribution in [0.1, 0.15) is 0 Å². The number of methoxy groups -OCH3 is 2. The Bertz CT molecular complexity index is 350. The van der Waals surface area contributed by atoms with Crippen LogP contribution < -0.4 is 9.47 Å². The van der Waals surface area contributed by atoms with E-state index in [2.05, 4.69) is 17.2 Å². The summed E-state index contributed by atoms with van der Waals surface area (Å²) in [7, 11) is 3.19. The lowest BCUT2D eigenvalue weighted by atomic mass is 10.3. The molecule has 0 saturated heterocycles. The van der Waals surface area contributed by atoms with Gasteiger partial charge < -0.3 is 9.47 Å². The van der Waals surface area contributed by atoms with Crippen molar-refractivity contribution >= 4 is 29.5 Å². The quantitative estimate of drug-likeness (QED) is 0.563. The van der Waals surface area contributed by atoms with E-state index in [1.165, 1.54) is 5.37 Å². The molecule has 0 heterocycles. The molecule has 0 radical (unpaired) electrons. The number of thiocarbonyl (C=S) groups is 1. The molecule has 4 heteroatoms. The van der Waals surface area contributed by atoms with E-state index >= 15 is 0 Å². The van der Waals surface area contributed by atoms with Gasteiger partial charge in [-0.3, -0.25) is 4.99 Å². The molecule has 1 aromatic carbocycles. The topological polar surface area (TPSA) is 30.8 Å². The number of aliphatic imine (C=N–C) groups is 1. The van der Waals surface area contributed by atoms with Gasteiger partial charge in [-0.1, -0.05) is 12.2 Å². The molecule has 14 heavy (non-hydrogen) atoms. The predicted octanol–water partition coefficient (Wildman–Crippen LogP) is 2.41. The second-order valence-corrected chi connectivity index (χ2v) is 2.72. The van der Waals surface area contributed by atoms with Gasteiger partial charge in [-0.15, -0.1) is 0 Å². The van der Waals surface area contributed by atoms with Crippen molar-refractivity contribution in [3.05, 3.63) is 18.2 Å². The van der Waals surface area contributed by atoms with Gasteiger partial charge in [-0.05, 0) is 12.1 Å². The third-order valence-corrected chi connectivity index (χ3v) is 1.78. The third kappa shape index (κ3) is 2.53. The van der Waals surface area contributed by atoms with Crippen molar-refractivity contribution in [3.8, 4) is 11.5 Å². The van der Waals surface area contributed by atoms with E-state index in [4.69, 9.17) is 9.47 Å². The molecule has 0 fully saturated rings. The second-order valence-electron chi connectivity index (χ2n) is 2.45. The molecule has 1 rings (SSSR count). The van der Waals surface area contributed by atoms with Crippen molar-refractivity contribution in [2.45, 2.75) is 0 Å². The van der Waals surface area contributed by atoms with Crippen LogP contribution in [0.2, 0.25) is 0 Å². The maximum absolute atomic E-state index is 5.14. The SMILES string of the molecule is COc1ccc(N=CC=S)c(OC)c1. The summed E-state index contributed by atoms with van der Waals surface area (Å²) in [6.07, 6.45) is 1.54. The standard InChI is InChI=1S/C10H11NO2S/c1-12-8-3-4-9(11-5-6-14)10(7-8)13-2/h3-7H,1-2H3. The highest BCUT2D eigenvalue weighted by Crippen LogP contribution is 2.30. The normalized spacial score (nSPS) is 10.1. The first-order valence-corrected chi connectivity index (χ1v) is 4.49. The van der Waals surface area contributed by atoms with Gasteiger partial charge in [0.05, 0.1) is 14.2 Å². The molecule has 0 amide bonds. The Hall–Kier alpha value is -1.42. The summed E-state index contributed by atoms with van der Waals surface area (Å²) in [4.78, 5) is 4.11. The van der Waals surface area contributed by atoms with Crippen molar-refractivity contribution < 1.29 is 9.47 Å². The van der Waals surface area contributed by atoms with Gasteiger partial charge >= 0.3 is 0 Å². The van der Waals surface area contributed by atoms with Gasteiger partial charge in [0.2, 0.25) is 0 Å². The zero-order chi connectivity index (χ0) is 10.4. The van der Waals surface area contributed by atoms with E-state index in [-0.39, 0.29) is 0 Å². The van der Waals surface area contributed by atoms with Gasteiger partial charge in [-0.2, -0.15) is 0 Å². The summed E-state index contributed by atoms with van der Waals surface area (Å²) < 4.78 is 10.2. The maximum atomic E-state index is 5.14. The molecule has 0 bridgehead atoms. The average Bonchev–Trinajstić information content (AvgIpc) is 2.26. The van der Waals surface area contributed by atoms with Crippen molar-refractivity contribution in [3.63, 3.8) is 0 Å². The molecule has 0 atom stereocenters. The highest BCUT2D eigenvalue weighted by atomic mass is 32.1. The Balaban J connectivity index is 3.04. The summed E-state index contributed by atoms with van der Waals surface area (Å²) >= 11 is 4.64. The van der Waals surface area contributed by atoms with Crippen molar-refractivity contribution in [2.75, 3.05) is 14.2 Å². The third-order valence-electron chi connectivity index (χ3n) is 1.66. The van der Waals surface area contributed by atoms with Crippen molar-refractivity contribution in [2.24, 2.45) is 4.99 Å². The van der Waals surface area contributed by atoms with Crippen LogP contribution in [0, 0.1) is 0 Å². The molecule has 0 N–H and O–H groups in total. The Morgan fingerprint density at radius 3 is 2.64 bits per heavy atom. The number of ether oxygens (including phenoxy) is 2. The van der Waals surface area contributed by atoms with Gasteiger partial charge in [0.1, 0.15) is 17.2 Å². The lowest BCUT2D eigenvalue weighted by Gasteiger charge is -2.06. The van der Waals surface area contributed by atoms with Crippen LogP contribution in [-0.2, 0) is 0 Å². The lowest BCUT2D eigenvalue weighted by Crippen LogP contribution is -1.87. The molecule has 74 valence electrons. The fourth-order valence-corrected chi connectivity index (χ4v) is 1.06. The van der Waals surface area contributed by atoms with E-state index in [1.54, 1.807) is 26.5 Å². The molecular formula is C10H11NO2S. The Labute approximate surface area is 88.4 Å². The molecule has 3 nitrogen and oxygen atoms in total. The second kappa shape index (κ2) is 5.34. The summed E-state index contributed by atoms with van der Waals surface area (Å²) in [5.41, 5.74) is 0.731. The fourth-order valence-electron chi connectivity index (χ4n) is 1.00. The van der Waals surface area contributed by atoms with E-state index in [0.29, 0.717) is 5.75 Å². The molecular weight excluding hydrogens is 198 g/mol. The van der Waals surface area contributed by atoms with Gasteiger partial charge in [0.25, 0.3) is 0 Å². The van der Waals surface area contributed by atoms with Crippen LogP contribution in [0.5, 0.6) is 11.5 Å². The zero-order valence-electron chi connectivity index (χ0n) is 8.06. The summed E-state index contributed by atoms with van der Waals surface area (Å²) in [6, 6.07) is 5.40. The predicted molar refractivity (Wildman–Crippen MR) is 61.4 cm³/mol. The minimum Gasteiger partial charge on any atom is -0.497 e. The van der Waals surface area contributed by atoms with E-state index in [0.717, 1.165) is 11.4 Å². The monoisotopic (exact) mass is 209 g/mol. The van der Waals surface area contributed by atoms with Crippen molar-refractivity contribution in [1.29, 1.82) is 0 Å². The van der Waals surface area contributed by atoms with E-state index in [9.17, 15) is 0 Å². The molecule has 0 unspecified atom stereocenters. The van der Waals surface area contributed by atoms with Crippen LogP contribution >= 0.6 is 12.2 Å². The van der Waals surface area contributed by atoms with Crippen LogP contribution in [0.3, 0.4) is 0 Å². The van der Waals surface area contributed by atoms with Gasteiger partial charge in [0.15, 0.2) is 0 Å². The minimum absolute atomic E-state index is 0.664. The van der Waals surface area contributed by atoms with E-state index in [1.807, 2.05) is 12.1 Å². The number of benzene rings is 1. The highest BCUT2D eigenvalue weighted by Gasteiger charge is 2.02. The molecule has 0 aliphatic heterocycles. The molecule has 0 saturated carbocycles. The first-order chi connectivity index (χ1) is 6.81. The molecule has 1 aromatic rings.